The second kappa shape index (κ2) is 8.44. The molecule has 3 nitrogen and oxygen atoms in total. The SMILES string of the molecule is COc1cccc(CCN[C@H](C)Cc2cccc(OC)c2)c1. The smallest absolute Gasteiger partial charge is 0.119 e. The lowest BCUT2D eigenvalue weighted by molar-refractivity contribution is 0.414. The van der Waals surface area contributed by atoms with Gasteiger partial charge in [0.15, 0.2) is 0 Å². The number of nitrogens with one attached hydrogen (secondary N) is 1. The van der Waals surface area contributed by atoms with Crippen LogP contribution in [0.5, 0.6) is 11.5 Å². The molecule has 1 atom stereocenters. The average molecular weight is 299 g/mol. The van der Waals surface area contributed by atoms with E-state index in [0.29, 0.717) is 6.04 Å². The van der Waals surface area contributed by atoms with Crippen LogP contribution in [0.1, 0.15) is 18.1 Å². The molecule has 0 aliphatic rings. The zero-order valence-electron chi connectivity index (χ0n) is 13.6. The molecule has 0 saturated heterocycles. The van der Waals surface area contributed by atoms with Crippen molar-refractivity contribution in [3.05, 3.63) is 59.7 Å². The molecular formula is C19H25NO2. The molecule has 0 aliphatic carbocycles. The van der Waals surface area contributed by atoms with Crippen LogP contribution in [0.25, 0.3) is 0 Å². The van der Waals surface area contributed by atoms with E-state index in [-0.39, 0.29) is 0 Å². The van der Waals surface area contributed by atoms with Crippen molar-refractivity contribution in [3.63, 3.8) is 0 Å². The first-order valence-electron chi connectivity index (χ1n) is 7.70. The molecule has 0 aromatic heterocycles. The van der Waals surface area contributed by atoms with Gasteiger partial charge in [-0.2, -0.15) is 0 Å². The highest BCUT2D eigenvalue weighted by Gasteiger charge is 2.04. The van der Waals surface area contributed by atoms with E-state index < -0.39 is 0 Å². The molecule has 2 rings (SSSR count). The van der Waals surface area contributed by atoms with E-state index in [1.165, 1.54) is 11.1 Å². The standard InChI is InChI=1S/C19H25NO2/c1-15(12-17-7-5-9-19(14-17)22-3)20-11-10-16-6-4-8-18(13-16)21-2/h4-9,13-15,20H,10-12H2,1-3H3/t15-/m1/s1. The average Bonchev–Trinajstić information content (AvgIpc) is 2.55. The molecule has 118 valence electrons. The predicted molar refractivity (Wildman–Crippen MR) is 90.9 cm³/mol. The lowest BCUT2D eigenvalue weighted by Crippen LogP contribution is -2.29. The van der Waals surface area contributed by atoms with Crippen LogP contribution in [0.4, 0.5) is 0 Å². The summed E-state index contributed by atoms with van der Waals surface area (Å²) in [6.45, 7) is 3.17. The Morgan fingerprint density at radius 2 is 1.50 bits per heavy atom. The van der Waals surface area contributed by atoms with Crippen molar-refractivity contribution in [2.24, 2.45) is 0 Å². The van der Waals surface area contributed by atoms with Crippen molar-refractivity contribution < 1.29 is 9.47 Å². The summed E-state index contributed by atoms with van der Waals surface area (Å²) >= 11 is 0. The molecule has 0 fully saturated rings. The normalized spacial score (nSPS) is 12.0. The fraction of sp³-hybridized carbons (Fsp3) is 0.368. The second-order valence-corrected chi connectivity index (χ2v) is 5.51. The number of ether oxygens (including phenoxy) is 2. The van der Waals surface area contributed by atoms with Crippen LogP contribution in [-0.2, 0) is 12.8 Å². The number of hydrogen-bond donors (Lipinski definition) is 1. The molecule has 0 unspecified atom stereocenters. The molecule has 3 heteroatoms. The maximum Gasteiger partial charge on any atom is 0.119 e. The van der Waals surface area contributed by atoms with Gasteiger partial charge in [-0.25, -0.2) is 0 Å². The molecule has 0 radical (unpaired) electrons. The first kappa shape index (κ1) is 16.4. The summed E-state index contributed by atoms with van der Waals surface area (Å²) in [6, 6.07) is 16.9. The molecule has 0 bridgehead atoms. The minimum Gasteiger partial charge on any atom is -0.497 e. The lowest BCUT2D eigenvalue weighted by Gasteiger charge is -2.14. The van der Waals surface area contributed by atoms with E-state index in [1.54, 1.807) is 14.2 Å². The van der Waals surface area contributed by atoms with Crippen molar-refractivity contribution >= 4 is 0 Å². The Balaban J connectivity index is 1.78. The van der Waals surface area contributed by atoms with Gasteiger partial charge in [-0.3, -0.25) is 0 Å². The molecule has 2 aromatic rings. The number of hydrogen-bond acceptors (Lipinski definition) is 3. The van der Waals surface area contributed by atoms with Crippen molar-refractivity contribution in [2.45, 2.75) is 25.8 Å². The van der Waals surface area contributed by atoms with Gasteiger partial charge in [0, 0.05) is 6.04 Å². The fourth-order valence-electron chi connectivity index (χ4n) is 2.52. The molecular weight excluding hydrogens is 274 g/mol. The van der Waals surface area contributed by atoms with Crippen molar-refractivity contribution in [1.82, 2.24) is 5.32 Å². The Morgan fingerprint density at radius 1 is 0.909 bits per heavy atom. The van der Waals surface area contributed by atoms with Crippen LogP contribution < -0.4 is 14.8 Å². The predicted octanol–water partition coefficient (Wildman–Crippen LogP) is 3.47. The zero-order chi connectivity index (χ0) is 15.8. The molecule has 0 heterocycles. The third-order valence-electron chi connectivity index (χ3n) is 3.72. The minimum atomic E-state index is 0.428. The van der Waals surface area contributed by atoms with E-state index in [4.69, 9.17) is 9.47 Å². The van der Waals surface area contributed by atoms with Gasteiger partial charge < -0.3 is 14.8 Å². The minimum absolute atomic E-state index is 0.428. The molecule has 22 heavy (non-hydrogen) atoms. The summed E-state index contributed by atoms with van der Waals surface area (Å²) in [5.74, 6) is 1.84. The van der Waals surface area contributed by atoms with Crippen LogP contribution >= 0.6 is 0 Å². The Kier molecular flexibility index (Phi) is 6.28. The largest absolute Gasteiger partial charge is 0.497 e. The number of methoxy groups -OCH3 is 2. The Labute approximate surface area is 133 Å². The quantitative estimate of drug-likeness (QED) is 0.809. The van der Waals surface area contributed by atoms with Crippen LogP contribution in [0.2, 0.25) is 0 Å². The van der Waals surface area contributed by atoms with Gasteiger partial charge in [-0.15, -0.1) is 0 Å². The fourth-order valence-corrected chi connectivity index (χ4v) is 2.52. The van der Waals surface area contributed by atoms with Gasteiger partial charge in [-0.05, 0) is 61.7 Å². The molecule has 0 spiro atoms. The maximum absolute atomic E-state index is 5.26. The Morgan fingerprint density at radius 3 is 2.14 bits per heavy atom. The first-order valence-corrected chi connectivity index (χ1v) is 7.70. The third-order valence-corrected chi connectivity index (χ3v) is 3.72. The Bertz CT molecular complexity index is 583. The van der Waals surface area contributed by atoms with Gasteiger partial charge in [0.1, 0.15) is 11.5 Å². The number of rotatable bonds is 8. The highest BCUT2D eigenvalue weighted by atomic mass is 16.5. The van der Waals surface area contributed by atoms with E-state index in [9.17, 15) is 0 Å². The van der Waals surface area contributed by atoms with Crippen LogP contribution in [0.3, 0.4) is 0 Å². The molecule has 0 amide bonds. The van der Waals surface area contributed by atoms with Gasteiger partial charge in [0.2, 0.25) is 0 Å². The summed E-state index contributed by atoms with van der Waals surface area (Å²) in [7, 11) is 3.41. The van der Waals surface area contributed by atoms with Crippen molar-refractivity contribution in [2.75, 3.05) is 20.8 Å². The monoisotopic (exact) mass is 299 g/mol. The van der Waals surface area contributed by atoms with E-state index in [0.717, 1.165) is 30.9 Å². The van der Waals surface area contributed by atoms with Gasteiger partial charge in [-0.1, -0.05) is 24.3 Å². The summed E-state index contributed by atoms with van der Waals surface area (Å²) in [6.07, 6.45) is 2.00. The second-order valence-electron chi connectivity index (χ2n) is 5.51. The summed E-state index contributed by atoms with van der Waals surface area (Å²) in [5, 5.41) is 3.57. The molecule has 0 aliphatic heterocycles. The van der Waals surface area contributed by atoms with Gasteiger partial charge in [0.25, 0.3) is 0 Å². The molecule has 1 N–H and O–H groups in total. The highest BCUT2D eigenvalue weighted by Crippen LogP contribution is 2.14. The summed E-state index contributed by atoms with van der Waals surface area (Å²) in [4.78, 5) is 0. The summed E-state index contributed by atoms with van der Waals surface area (Å²) in [5.41, 5.74) is 2.58. The zero-order valence-corrected chi connectivity index (χ0v) is 13.6. The van der Waals surface area contributed by atoms with Crippen LogP contribution in [-0.4, -0.2) is 26.8 Å². The van der Waals surface area contributed by atoms with Crippen molar-refractivity contribution in [1.29, 1.82) is 0 Å². The molecule has 2 aromatic carbocycles. The van der Waals surface area contributed by atoms with Crippen LogP contribution in [0.15, 0.2) is 48.5 Å². The van der Waals surface area contributed by atoms with E-state index in [2.05, 4.69) is 36.5 Å². The lowest BCUT2D eigenvalue weighted by atomic mass is 10.1. The van der Waals surface area contributed by atoms with Gasteiger partial charge >= 0.3 is 0 Å². The van der Waals surface area contributed by atoms with Gasteiger partial charge in [0.05, 0.1) is 14.2 Å². The van der Waals surface area contributed by atoms with E-state index in [1.807, 2.05) is 24.3 Å². The third kappa shape index (κ3) is 5.08. The topological polar surface area (TPSA) is 30.5 Å². The Hall–Kier alpha value is -2.00. The molecule has 0 saturated carbocycles. The highest BCUT2D eigenvalue weighted by molar-refractivity contribution is 5.29. The maximum atomic E-state index is 5.26. The number of benzene rings is 2. The van der Waals surface area contributed by atoms with Crippen LogP contribution in [0, 0.1) is 0 Å². The summed E-state index contributed by atoms with van der Waals surface area (Å²) < 4.78 is 10.5. The van der Waals surface area contributed by atoms with E-state index >= 15 is 0 Å². The first-order chi connectivity index (χ1) is 10.7. The van der Waals surface area contributed by atoms with Crippen molar-refractivity contribution in [3.8, 4) is 11.5 Å².